The van der Waals surface area contributed by atoms with E-state index in [4.69, 9.17) is 9.47 Å². The molecule has 0 saturated heterocycles. The van der Waals surface area contributed by atoms with Crippen molar-refractivity contribution in [1.82, 2.24) is 0 Å². The van der Waals surface area contributed by atoms with E-state index >= 15 is 0 Å². The molecule has 0 amide bonds. The molecule has 1 unspecified atom stereocenters. The number of para-hydroxylation sites is 1. The molecule has 0 radical (unpaired) electrons. The number of methoxy groups -OCH3 is 1. The van der Waals surface area contributed by atoms with Crippen molar-refractivity contribution in [2.45, 2.75) is 38.7 Å². The van der Waals surface area contributed by atoms with Crippen LogP contribution >= 0.6 is 0 Å². The minimum Gasteiger partial charge on any atom is -0.493 e. The van der Waals surface area contributed by atoms with Crippen LogP contribution in [0.15, 0.2) is 18.2 Å². The molecule has 1 aliphatic rings. The van der Waals surface area contributed by atoms with Crippen molar-refractivity contribution in [3.8, 4) is 5.75 Å². The SMILES string of the molecule is CCC(C)(OC)C(=O)c1cccc2c1OCCC2. The maximum absolute atomic E-state index is 12.6. The molecule has 0 spiro atoms. The summed E-state index contributed by atoms with van der Waals surface area (Å²) in [6.45, 7) is 4.47. The highest BCUT2D eigenvalue weighted by Gasteiger charge is 2.34. The van der Waals surface area contributed by atoms with Gasteiger partial charge in [-0.05, 0) is 37.8 Å². The number of rotatable bonds is 4. The second-order valence-electron chi connectivity index (χ2n) is 4.86. The van der Waals surface area contributed by atoms with Crippen molar-refractivity contribution in [3.05, 3.63) is 29.3 Å². The Balaban J connectivity index is 2.42. The Kier molecular flexibility index (Phi) is 3.71. The largest absolute Gasteiger partial charge is 0.493 e. The van der Waals surface area contributed by atoms with Crippen LogP contribution in [0.4, 0.5) is 0 Å². The van der Waals surface area contributed by atoms with Gasteiger partial charge in [-0.25, -0.2) is 0 Å². The van der Waals surface area contributed by atoms with Crippen LogP contribution in [0.2, 0.25) is 0 Å². The lowest BCUT2D eigenvalue weighted by molar-refractivity contribution is 0.0103. The topological polar surface area (TPSA) is 35.5 Å². The maximum Gasteiger partial charge on any atom is 0.198 e. The van der Waals surface area contributed by atoms with E-state index in [2.05, 4.69) is 0 Å². The van der Waals surface area contributed by atoms with Gasteiger partial charge in [-0.15, -0.1) is 0 Å². The smallest absolute Gasteiger partial charge is 0.198 e. The molecule has 3 nitrogen and oxygen atoms in total. The molecule has 3 heteroatoms. The molecule has 1 aliphatic heterocycles. The minimum absolute atomic E-state index is 0.00579. The van der Waals surface area contributed by atoms with Gasteiger partial charge in [0.05, 0.1) is 12.2 Å². The minimum atomic E-state index is -0.768. The fourth-order valence-electron chi connectivity index (χ4n) is 2.25. The van der Waals surface area contributed by atoms with Crippen molar-refractivity contribution < 1.29 is 14.3 Å². The van der Waals surface area contributed by atoms with Crippen molar-refractivity contribution in [1.29, 1.82) is 0 Å². The van der Waals surface area contributed by atoms with Gasteiger partial charge in [0.2, 0.25) is 0 Å². The molecule has 0 aromatic heterocycles. The highest BCUT2D eigenvalue weighted by atomic mass is 16.5. The summed E-state index contributed by atoms with van der Waals surface area (Å²) in [5.74, 6) is 0.761. The van der Waals surface area contributed by atoms with Crippen molar-refractivity contribution >= 4 is 5.78 Å². The number of ether oxygens (including phenoxy) is 2. The van der Waals surface area contributed by atoms with Crippen LogP contribution in [0.5, 0.6) is 5.75 Å². The Bertz CT molecular complexity index is 447. The lowest BCUT2D eigenvalue weighted by atomic mass is 9.89. The van der Waals surface area contributed by atoms with Gasteiger partial charge >= 0.3 is 0 Å². The summed E-state index contributed by atoms with van der Waals surface area (Å²) in [7, 11) is 1.58. The lowest BCUT2D eigenvalue weighted by Gasteiger charge is -2.27. The van der Waals surface area contributed by atoms with Gasteiger partial charge in [0, 0.05) is 7.11 Å². The Morgan fingerprint density at radius 1 is 1.50 bits per heavy atom. The molecule has 98 valence electrons. The third-order valence-corrected chi connectivity index (χ3v) is 3.78. The Morgan fingerprint density at radius 3 is 2.94 bits per heavy atom. The Hall–Kier alpha value is -1.35. The summed E-state index contributed by atoms with van der Waals surface area (Å²) in [4.78, 5) is 12.6. The first-order chi connectivity index (χ1) is 8.62. The molecular weight excluding hydrogens is 228 g/mol. The van der Waals surface area contributed by atoms with Crippen LogP contribution in [-0.2, 0) is 11.2 Å². The van der Waals surface area contributed by atoms with Crippen LogP contribution in [0.25, 0.3) is 0 Å². The van der Waals surface area contributed by atoms with Gasteiger partial charge in [-0.2, -0.15) is 0 Å². The summed E-state index contributed by atoms with van der Waals surface area (Å²) in [5.41, 5.74) is 1.01. The van der Waals surface area contributed by atoms with E-state index in [0.717, 1.165) is 24.2 Å². The number of aryl methyl sites for hydroxylation is 1. The lowest BCUT2D eigenvalue weighted by Crippen LogP contribution is -2.37. The molecule has 0 saturated carbocycles. The molecule has 1 aromatic rings. The number of Topliss-reactive ketones (excluding diaryl/α,β-unsaturated/α-hetero) is 1. The second-order valence-corrected chi connectivity index (χ2v) is 4.86. The third kappa shape index (κ3) is 2.15. The van der Waals surface area contributed by atoms with Crippen LogP contribution in [-0.4, -0.2) is 25.1 Å². The molecule has 2 rings (SSSR count). The predicted octanol–water partition coefficient (Wildman–Crippen LogP) is 3.01. The molecule has 0 fully saturated rings. The highest BCUT2D eigenvalue weighted by Crippen LogP contribution is 2.32. The van der Waals surface area contributed by atoms with E-state index in [1.54, 1.807) is 7.11 Å². The zero-order valence-corrected chi connectivity index (χ0v) is 11.3. The third-order valence-electron chi connectivity index (χ3n) is 3.78. The van der Waals surface area contributed by atoms with Gasteiger partial charge < -0.3 is 9.47 Å². The summed E-state index contributed by atoms with van der Waals surface area (Å²) >= 11 is 0. The number of hydrogen-bond donors (Lipinski definition) is 0. The first-order valence-electron chi connectivity index (χ1n) is 6.47. The molecule has 0 bridgehead atoms. The van der Waals surface area contributed by atoms with Gasteiger partial charge in [-0.3, -0.25) is 4.79 Å². The molecule has 1 aromatic carbocycles. The number of fused-ring (bicyclic) bond motifs is 1. The number of carbonyl (C=O) groups excluding carboxylic acids is 1. The average molecular weight is 248 g/mol. The molecule has 0 N–H and O–H groups in total. The number of benzene rings is 1. The zero-order chi connectivity index (χ0) is 13.2. The fourth-order valence-corrected chi connectivity index (χ4v) is 2.25. The zero-order valence-electron chi connectivity index (χ0n) is 11.3. The van der Waals surface area contributed by atoms with Crippen LogP contribution in [0, 0.1) is 0 Å². The normalized spacial score (nSPS) is 17.5. The van der Waals surface area contributed by atoms with Crippen molar-refractivity contribution in [2.24, 2.45) is 0 Å². The molecule has 1 heterocycles. The van der Waals surface area contributed by atoms with Gasteiger partial charge in [0.1, 0.15) is 11.4 Å². The Morgan fingerprint density at radius 2 is 2.28 bits per heavy atom. The average Bonchev–Trinajstić information content (AvgIpc) is 2.45. The van der Waals surface area contributed by atoms with E-state index in [9.17, 15) is 4.79 Å². The molecule has 18 heavy (non-hydrogen) atoms. The number of carbonyl (C=O) groups is 1. The summed E-state index contributed by atoms with van der Waals surface area (Å²) < 4.78 is 11.1. The quantitative estimate of drug-likeness (QED) is 0.768. The summed E-state index contributed by atoms with van der Waals surface area (Å²) in [5, 5.41) is 0. The molecular formula is C15H20O3. The first-order valence-corrected chi connectivity index (χ1v) is 6.47. The van der Waals surface area contributed by atoms with Gasteiger partial charge in [0.25, 0.3) is 0 Å². The monoisotopic (exact) mass is 248 g/mol. The highest BCUT2D eigenvalue weighted by molar-refractivity contribution is 6.04. The number of ketones is 1. The Labute approximate surface area is 108 Å². The summed E-state index contributed by atoms with van der Waals surface area (Å²) in [6.07, 6.45) is 2.64. The van der Waals surface area contributed by atoms with Crippen LogP contribution in [0.3, 0.4) is 0 Å². The van der Waals surface area contributed by atoms with E-state index in [1.165, 1.54) is 0 Å². The van der Waals surface area contributed by atoms with Crippen LogP contribution < -0.4 is 4.74 Å². The predicted molar refractivity (Wildman–Crippen MR) is 70.3 cm³/mol. The summed E-state index contributed by atoms with van der Waals surface area (Å²) in [6, 6.07) is 5.78. The van der Waals surface area contributed by atoms with Gasteiger partial charge in [-0.1, -0.05) is 19.1 Å². The van der Waals surface area contributed by atoms with E-state index in [-0.39, 0.29) is 5.78 Å². The van der Waals surface area contributed by atoms with Crippen LogP contribution in [0.1, 0.15) is 42.6 Å². The van der Waals surface area contributed by atoms with E-state index in [0.29, 0.717) is 18.6 Å². The number of hydrogen-bond acceptors (Lipinski definition) is 3. The fraction of sp³-hybridized carbons (Fsp3) is 0.533. The second kappa shape index (κ2) is 5.11. The molecule has 1 atom stereocenters. The van der Waals surface area contributed by atoms with Crippen molar-refractivity contribution in [2.75, 3.05) is 13.7 Å². The maximum atomic E-state index is 12.6. The van der Waals surface area contributed by atoms with Crippen molar-refractivity contribution in [3.63, 3.8) is 0 Å². The molecule has 0 aliphatic carbocycles. The standard InChI is InChI=1S/C15H20O3/c1-4-15(2,17-3)14(16)12-9-5-7-11-8-6-10-18-13(11)12/h5,7,9H,4,6,8,10H2,1-3H3. The van der Waals surface area contributed by atoms with Gasteiger partial charge in [0.15, 0.2) is 5.78 Å². The van der Waals surface area contributed by atoms with E-state index < -0.39 is 5.60 Å². The van der Waals surface area contributed by atoms with E-state index in [1.807, 2.05) is 32.0 Å². The first kappa shape index (κ1) is 13.1.